The normalized spacial score (nSPS) is 21.2. The molecular weight excluding hydrogens is 217 g/mol. The molecule has 0 aliphatic heterocycles. The number of halogens is 3. The van der Waals surface area contributed by atoms with Gasteiger partial charge in [0.2, 0.25) is 0 Å². The Kier molecular flexibility index (Phi) is 4.23. The summed E-state index contributed by atoms with van der Waals surface area (Å²) in [6.45, 7) is 3.68. The summed E-state index contributed by atoms with van der Waals surface area (Å²) in [4.78, 5) is 1.52. The van der Waals surface area contributed by atoms with Crippen LogP contribution in [0.5, 0.6) is 0 Å². The van der Waals surface area contributed by atoms with Crippen molar-refractivity contribution in [2.75, 3.05) is 19.6 Å². The molecule has 0 aromatic rings. The second kappa shape index (κ2) is 4.92. The van der Waals surface area contributed by atoms with Gasteiger partial charge in [0.05, 0.1) is 6.54 Å². The van der Waals surface area contributed by atoms with Crippen molar-refractivity contribution in [3.8, 4) is 0 Å². The van der Waals surface area contributed by atoms with Gasteiger partial charge in [-0.1, -0.05) is 6.92 Å². The molecule has 0 radical (unpaired) electrons. The Balaban J connectivity index is 2.73. The van der Waals surface area contributed by atoms with Crippen molar-refractivity contribution in [2.24, 2.45) is 11.7 Å². The minimum absolute atomic E-state index is 0.299. The second-order valence-electron chi connectivity index (χ2n) is 4.87. The monoisotopic (exact) mass is 238 g/mol. The van der Waals surface area contributed by atoms with E-state index in [9.17, 15) is 13.2 Å². The molecule has 0 amide bonds. The first-order valence-electron chi connectivity index (χ1n) is 5.85. The van der Waals surface area contributed by atoms with Gasteiger partial charge in [0.15, 0.2) is 0 Å². The Morgan fingerprint density at radius 2 is 1.88 bits per heavy atom. The Labute approximate surface area is 95.0 Å². The van der Waals surface area contributed by atoms with Crippen molar-refractivity contribution >= 4 is 0 Å². The summed E-state index contributed by atoms with van der Waals surface area (Å²) < 4.78 is 37.5. The highest BCUT2D eigenvalue weighted by molar-refractivity contribution is 5.00. The van der Waals surface area contributed by atoms with E-state index in [1.54, 1.807) is 0 Å². The first-order valence-corrected chi connectivity index (χ1v) is 5.85. The third-order valence-corrected chi connectivity index (χ3v) is 3.46. The molecule has 1 rings (SSSR count). The fourth-order valence-electron chi connectivity index (χ4n) is 2.26. The molecule has 1 atom stereocenters. The van der Waals surface area contributed by atoms with Crippen LogP contribution in [-0.4, -0.2) is 36.2 Å². The van der Waals surface area contributed by atoms with E-state index >= 15 is 0 Å². The van der Waals surface area contributed by atoms with Crippen LogP contribution in [0.4, 0.5) is 13.2 Å². The van der Waals surface area contributed by atoms with Crippen LogP contribution in [-0.2, 0) is 0 Å². The molecule has 0 spiro atoms. The average Bonchev–Trinajstić information content (AvgIpc) is 2.97. The van der Waals surface area contributed by atoms with Crippen molar-refractivity contribution in [3.05, 3.63) is 0 Å². The molecule has 2 nitrogen and oxygen atoms in total. The molecule has 0 saturated heterocycles. The lowest BCUT2D eigenvalue weighted by Crippen LogP contribution is -2.56. The lowest BCUT2D eigenvalue weighted by Gasteiger charge is -2.41. The molecule has 96 valence electrons. The lowest BCUT2D eigenvalue weighted by atomic mass is 9.93. The number of hydrogen-bond acceptors (Lipinski definition) is 2. The van der Waals surface area contributed by atoms with Gasteiger partial charge in [-0.3, -0.25) is 4.90 Å². The number of rotatable bonds is 6. The first-order chi connectivity index (χ1) is 7.33. The molecule has 0 aromatic heterocycles. The summed E-state index contributed by atoms with van der Waals surface area (Å²) in [6.07, 6.45) is -1.41. The van der Waals surface area contributed by atoms with E-state index in [4.69, 9.17) is 5.73 Å². The maximum atomic E-state index is 12.5. The molecule has 1 saturated carbocycles. The largest absolute Gasteiger partial charge is 0.401 e. The first kappa shape index (κ1) is 13.8. The Bertz CT molecular complexity index is 226. The van der Waals surface area contributed by atoms with Gasteiger partial charge in [-0.15, -0.1) is 0 Å². The molecule has 2 N–H and O–H groups in total. The quantitative estimate of drug-likeness (QED) is 0.770. The van der Waals surface area contributed by atoms with Gasteiger partial charge in [0, 0.05) is 12.1 Å². The molecule has 0 aromatic carbocycles. The van der Waals surface area contributed by atoms with Gasteiger partial charge >= 0.3 is 6.18 Å². The van der Waals surface area contributed by atoms with Crippen LogP contribution in [0.3, 0.4) is 0 Å². The van der Waals surface area contributed by atoms with Crippen molar-refractivity contribution < 1.29 is 13.2 Å². The number of alkyl halides is 3. The van der Waals surface area contributed by atoms with Crippen molar-refractivity contribution in [1.82, 2.24) is 4.90 Å². The topological polar surface area (TPSA) is 29.3 Å². The highest BCUT2D eigenvalue weighted by Gasteiger charge is 2.47. The van der Waals surface area contributed by atoms with Gasteiger partial charge < -0.3 is 5.73 Å². The van der Waals surface area contributed by atoms with Gasteiger partial charge in [0.1, 0.15) is 0 Å². The van der Waals surface area contributed by atoms with E-state index in [1.165, 1.54) is 4.90 Å². The maximum Gasteiger partial charge on any atom is 0.401 e. The van der Waals surface area contributed by atoms with Gasteiger partial charge in [0.25, 0.3) is 0 Å². The van der Waals surface area contributed by atoms with E-state index < -0.39 is 18.3 Å². The van der Waals surface area contributed by atoms with Crippen LogP contribution in [0.15, 0.2) is 0 Å². The summed E-state index contributed by atoms with van der Waals surface area (Å²) in [7, 11) is 0. The molecule has 1 fully saturated rings. The lowest BCUT2D eigenvalue weighted by molar-refractivity contribution is -0.159. The smallest absolute Gasteiger partial charge is 0.329 e. The van der Waals surface area contributed by atoms with E-state index in [-0.39, 0.29) is 0 Å². The molecule has 1 aliphatic rings. The minimum Gasteiger partial charge on any atom is -0.329 e. The van der Waals surface area contributed by atoms with Crippen molar-refractivity contribution in [1.29, 1.82) is 0 Å². The van der Waals surface area contributed by atoms with Crippen LogP contribution in [0.1, 0.15) is 33.1 Å². The minimum atomic E-state index is -4.14. The zero-order valence-corrected chi connectivity index (χ0v) is 9.98. The van der Waals surface area contributed by atoms with Crippen molar-refractivity contribution in [2.45, 2.75) is 44.8 Å². The third kappa shape index (κ3) is 3.35. The predicted octanol–water partition coefficient (Wildman–Crippen LogP) is 2.39. The van der Waals surface area contributed by atoms with E-state index in [0.29, 0.717) is 19.0 Å². The summed E-state index contributed by atoms with van der Waals surface area (Å²) in [5.74, 6) is 0.339. The molecular formula is C11H21F3N2. The zero-order chi connectivity index (χ0) is 12.4. The molecule has 16 heavy (non-hydrogen) atoms. The van der Waals surface area contributed by atoms with Gasteiger partial charge in [-0.25, -0.2) is 0 Å². The highest BCUT2D eigenvalue weighted by atomic mass is 19.4. The third-order valence-electron chi connectivity index (χ3n) is 3.46. The van der Waals surface area contributed by atoms with E-state index in [0.717, 1.165) is 19.3 Å². The molecule has 1 unspecified atom stereocenters. The van der Waals surface area contributed by atoms with E-state index in [2.05, 4.69) is 0 Å². The summed E-state index contributed by atoms with van der Waals surface area (Å²) in [5, 5.41) is 0. The Hall–Kier alpha value is -0.290. The predicted molar refractivity (Wildman–Crippen MR) is 58.1 cm³/mol. The molecule has 1 aliphatic carbocycles. The van der Waals surface area contributed by atoms with Gasteiger partial charge in [-0.2, -0.15) is 13.2 Å². The number of nitrogens with zero attached hydrogens (tertiary/aromatic N) is 1. The SMILES string of the molecule is CCCN(CC(F)(F)F)C(C)(CN)C1CC1. The highest BCUT2D eigenvalue weighted by Crippen LogP contribution is 2.43. The molecule has 0 heterocycles. The molecule has 5 heteroatoms. The number of hydrogen-bond donors (Lipinski definition) is 1. The van der Waals surface area contributed by atoms with Crippen molar-refractivity contribution in [3.63, 3.8) is 0 Å². The Morgan fingerprint density at radius 1 is 1.31 bits per heavy atom. The number of nitrogens with two attached hydrogens (primary N) is 1. The van der Waals surface area contributed by atoms with Crippen LogP contribution in [0.2, 0.25) is 0 Å². The van der Waals surface area contributed by atoms with Crippen LogP contribution in [0.25, 0.3) is 0 Å². The van der Waals surface area contributed by atoms with Crippen LogP contribution in [0, 0.1) is 5.92 Å². The summed E-state index contributed by atoms with van der Waals surface area (Å²) >= 11 is 0. The summed E-state index contributed by atoms with van der Waals surface area (Å²) in [6, 6.07) is 0. The van der Waals surface area contributed by atoms with E-state index in [1.807, 2.05) is 13.8 Å². The summed E-state index contributed by atoms with van der Waals surface area (Å²) in [5.41, 5.74) is 5.21. The van der Waals surface area contributed by atoms with Crippen LogP contribution >= 0.6 is 0 Å². The fraction of sp³-hybridized carbons (Fsp3) is 1.00. The maximum absolute atomic E-state index is 12.5. The fourth-order valence-corrected chi connectivity index (χ4v) is 2.26. The van der Waals surface area contributed by atoms with Gasteiger partial charge in [-0.05, 0) is 38.6 Å². The Morgan fingerprint density at radius 3 is 2.19 bits per heavy atom. The molecule has 0 bridgehead atoms. The zero-order valence-electron chi connectivity index (χ0n) is 9.98. The second-order valence-corrected chi connectivity index (χ2v) is 4.87. The van der Waals surface area contributed by atoms with Crippen LogP contribution < -0.4 is 5.73 Å². The standard InChI is InChI=1S/C11H21F3N2/c1-3-6-16(8-11(12,13)14)10(2,7-15)9-4-5-9/h9H,3-8,15H2,1-2H3. The average molecular weight is 238 g/mol.